The van der Waals surface area contributed by atoms with Crippen molar-refractivity contribution in [3.63, 3.8) is 0 Å². The van der Waals surface area contributed by atoms with E-state index in [0.717, 1.165) is 6.42 Å². The molecular weight excluding hydrogens is 432 g/mol. The summed E-state index contributed by atoms with van der Waals surface area (Å²) in [7, 11) is 2.20. The molecule has 1 amide bonds. The van der Waals surface area contributed by atoms with Gasteiger partial charge >= 0.3 is 0 Å². The highest BCUT2D eigenvalue weighted by atomic mass is 32.2. The summed E-state index contributed by atoms with van der Waals surface area (Å²) in [6, 6.07) is 8.95. The van der Waals surface area contributed by atoms with Gasteiger partial charge in [0, 0.05) is 17.2 Å². The van der Waals surface area contributed by atoms with Gasteiger partial charge in [-0.05, 0) is 57.3 Å². The molecule has 2 heterocycles. The lowest BCUT2D eigenvalue weighted by atomic mass is 9.68. The van der Waals surface area contributed by atoms with Crippen LogP contribution in [0.25, 0.3) is 0 Å². The fraction of sp³-hybridized carbons (Fsp3) is 0.462. The largest absolute Gasteiger partial charge is 0.355 e. The van der Waals surface area contributed by atoms with Crippen LogP contribution in [-0.4, -0.2) is 61.1 Å². The maximum absolute atomic E-state index is 11.5. The highest BCUT2D eigenvalue weighted by molar-refractivity contribution is 8.02. The van der Waals surface area contributed by atoms with Crippen molar-refractivity contribution in [2.75, 3.05) is 26.7 Å². The Balaban J connectivity index is 0.000000234. The van der Waals surface area contributed by atoms with Crippen molar-refractivity contribution in [3.05, 3.63) is 71.7 Å². The minimum absolute atomic E-state index is 0.216. The summed E-state index contributed by atoms with van der Waals surface area (Å²) in [5.41, 5.74) is 13.8. The first kappa shape index (κ1) is 27.1. The van der Waals surface area contributed by atoms with Crippen LogP contribution in [-0.2, 0) is 15.0 Å². The normalized spacial score (nSPS) is 21.3. The minimum atomic E-state index is -0.970. The molecule has 5 N–H and O–H groups in total. The van der Waals surface area contributed by atoms with Gasteiger partial charge in [0.1, 0.15) is 12.3 Å². The van der Waals surface area contributed by atoms with Crippen molar-refractivity contribution in [1.29, 1.82) is 0 Å². The lowest BCUT2D eigenvalue weighted by Gasteiger charge is -2.42. The molecule has 0 saturated carbocycles. The second-order valence-electron chi connectivity index (χ2n) is 8.74. The Morgan fingerprint density at radius 2 is 1.94 bits per heavy atom. The van der Waals surface area contributed by atoms with Crippen LogP contribution in [0.1, 0.15) is 31.7 Å². The Morgan fingerprint density at radius 3 is 2.48 bits per heavy atom. The number of thioether (sulfide) groups is 1. The molecule has 6 nitrogen and oxygen atoms in total. The van der Waals surface area contributed by atoms with Gasteiger partial charge in [-0.15, -0.1) is 11.8 Å². The van der Waals surface area contributed by atoms with E-state index in [1.807, 2.05) is 17.6 Å². The highest BCUT2D eigenvalue weighted by Crippen LogP contribution is 2.40. The van der Waals surface area contributed by atoms with Crippen LogP contribution in [0.5, 0.6) is 0 Å². The van der Waals surface area contributed by atoms with Gasteiger partial charge < -0.3 is 26.5 Å². The molecule has 2 aliphatic heterocycles. The summed E-state index contributed by atoms with van der Waals surface area (Å²) >= 11 is 1.70. The fourth-order valence-electron chi connectivity index (χ4n) is 4.02. The summed E-state index contributed by atoms with van der Waals surface area (Å²) < 4.78 is 0. The number of carbonyl (C=O) groups is 2. The molecule has 180 valence electrons. The highest BCUT2D eigenvalue weighted by Gasteiger charge is 2.35. The topological polar surface area (TPSA) is 101 Å². The number of nitrogens with one attached hydrogen (secondary N) is 1. The zero-order valence-electron chi connectivity index (χ0n) is 19.8. The van der Waals surface area contributed by atoms with Crippen molar-refractivity contribution < 1.29 is 9.59 Å². The first-order valence-corrected chi connectivity index (χ1v) is 12.4. The van der Waals surface area contributed by atoms with Gasteiger partial charge in [-0.1, -0.05) is 60.7 Å². The van der Waals surface area contributed by atoms with Crippen molar-refractivity contribution in [2.45, 2.75) is 48.9 Å². The third-order valence-electron chi connectivity index (χ3n) is 6.36. The van der Waals surface area contributed by atoms with Gasteiger partial charge in [-0.3, -0.25) is 4.79 Å². The van der Waals surface area contributed by atoms with Crippen LogP contribution >= 0.6 is 11.8 Å². The van der Waals surface area contributed by atoms with Gasteiger partial charge in [0.05, 0.1) is 6.04 Å². The number of hydrogen-bond donors (Lipinski definition) is 3. The Hall–Kier alpha value is -2.19. The van der Waals surface area contributed by atoms with E-state index in [1.165, 1.54) is 37.1 Å². The standard InChI is InChI=1S/C15H21N.C11H17N3O2S/c1-13(2)15(9-11-16(3)12-10-15)14-7-5-4-6-8-14;12-9(7-15)10(13)11(16)14-5-4-8-3-1-2-6-17-8/h4-8H,1,9-12H2,2-3H3;1-3,6-10H,4-5,12-13H2,(H,14,16). The number of benzene rings is 1. The average Bonchev–Trinajstić information content (AvgIpc) is 2.85. The Bertz CT molecular complexity index is 832. The number of carbonyl (C=O) groups excluding carboxylic acids is 2. The van der Waals surface area contributed by atoms with Gasteiger partial charge in [-0.25, -0.2) is 0 Å². The molecule has 33 heavy (non-hydrogen) atoms. The van der Waals surface area contributed by atoms with Crippen molar-refractivity contribution in [2.24, 2.45) is 11.5 Å². The molecule has 1 aromatic carbocycles. The number of amides is 1. The van der Waals surface area contributed by atoms with E-state index >= 15 is 0 Å². The predicted molar refractivity (Wildman–Crippen MR) is 139 cm³/mol. The van der Waals surface area contributed by atoms with Crippen molar-refractivity contribution >= 4 is 24.0 Å². The van der Waals surface area contributed by atoms with Gasteiger partial charge in [-0.2, -0.15) is 0 Å². The first-order chi connectivity index (χ1) is 15.8. The summed E-state index contributed by atoms with van der Waals surface area (Å²) in [6.07, 6.45) is 9.73. The Kier molecular flexibility index (Phi) is 11.1. The molecule has 2 aliphatic rings. The number of hydrogen-bond acceptors (Lipinski definition) is 6. The summed E-state index contributed by atoms with van der Waals surface area (Å²) in [6.45, 7) is 9.27. The lowest BCUT2D eigenvalue weighted by molar-refractivity contribution is -0.124. The van der Waals surface area contributed by atoms with Gasteiger partial charge in [0.2, 0.25) is 5.91 Å². The van der Waals surface area contributed by atoms with Crippen LogP contribution < -0.4 is 16.8 Å². The van der Waals surface area contributed by atoms with E-state index in [2.05, 4.69) is 67.2 Å². The van der Waals surface area contributed by atoms with E-state index in [4.69, 9.17) is 11.5 Å². The van der Waals surface area contributed by atoms with E-state index in [-0.39, 0.29) is 11.3 Å². The monoisotopic (exact) mass is 470 g/mol. The smallest absolute Gasteiger partial charge is 0.238 e. The Morgan fingerprint density at radius 1 is 1.27 bits per heavy atom. The average molecular weight is 471 g/mol. The molecule has 3 atom stereocenters. The number of piperidine rings is 1. The lowest BCUT2D eigenvalue weighted by Crippen LogP contribution is -2.52. The zero-order chi connectivity index (χ0) is 24.3. The molecule has 0 spiro atoms. The predicted octanol–water partition coefficient (Wildman–Crippen LogP) is 2.76. The number of allylic oxidation sites excluding steroid dienone is 3. The molecule has 0 aromatic heterocycles. The van der Waals surface area contributed by atoms with Crippen LogP contribution in [0.15, 0.2) is 66.1 Å². The molecular formula is C26H38N4O2S. The Labute approximate surface area is 202 Å². The summed E-state index contributed by atoms with van der Waals surface area (Å²) in [5.74, 6) is -0.384. The number of nitrogens with two attached hydrogens (primary N) is 2. The van der Waals surface area contributed by atoms with Crippen molar-refractivity contribution in [1.82, 2.24) is 10.2 Å². The summed E-state index contributed by atoms with van der Waals surface area (Å²) in [4.78, 5) is 24.2. The maximum Gasteiger partial charge on any atom is 0.238 e. The van der Waals surface area contributed by atoms with Crippen LogP contribution in [0.3, 0.4) is 0 Å². The molecule has 0 bridgehead atoms. The third-order valence-corrected chi connectivity index (χ3v) is 7.41. The fourth-order valence-corrected chi connectivity index (χ4v) is 4.84. The number of likely N-dealkylation sites (tertiary alicyclic amines) is 1. The van der Waals surface area contributed by atoms with Crippen LogP contribution in [0, 0.1) is 0 Å². The first-order valence-electron chi connectivity index (χ1n) is 11.4. The molecule has 0 aliphatic carbocycles. The van der Waals surface area contributed by atoms with Crippen LogP contribution in [0.4, 0.5) is 0 Å². The number of rotatable bonds is 8. The van der Waals surface area contributed by atoms with E-state index in [9.17, 15) is 9.59 Å². The van der Waals surface area contributed by atoms with E-state index in [0.29, 0.717) is 18.1 Å². The number of aldehydes is 1. The van der Waals surface area contributed by atoms with Gasteiger partial charge in [0.25, 0.3) is 0 Å². The SMILES string of the molecule is C=C(C)C1(c2ccccc2)CCN(C)CC1.NC(C=O)C(N)C(=O)NCCC1C=CC=CS1. The molecule has 1 aromatic rings. The summed E-state index contributed by atoms with van der Waals surface area (Å²) in [5, 5.41) is 5.06. The molecule has 3 rings (SSSR count). The molecule has 0 radical (unpaired) electrons. The second kappa shape index (κ2) is 13.5. The van der Waals surface area contributed by atoms with E-state index < -0.39 is 12.1 Å². The van der Waals surface area contributed by atoms with Crippen LogP contribution in [0.2, 0.25) is 0 Å². The molecule has 1 fully saturated rings. The van der Waals surface area contributed by atoms with Gasteiger partial charge in [0.15, 0.2) is 0 Å². The van der Waals surface area contributed by atoms with Crippen molar-refractivity contribution in [3.8, 4) is 0 Å². The maximum atomic E-state index is 11.5. The second-order valence-corrected chi connectivity index (χ2v) is 9.89. The van der Waals surface area contributed by atoms with E-state index in [1.54, 1.807) is 11.8 Å². The zero-order valence-corrected chi connectivity index (χ0v) is 20.6. The molecule has 7 heteroatoms. The number of nitrogens with zero attached hydrogens (tertiary/aromatic N) is 1. The molecule has 3 unspecified atom stereocenters. The minimum Gasteiger partial charge on any atom is -0.355 e. The molecule has 1 saturated heterocycles. The quantitative estimate of drug-likeness (QED) is 0.399. The third kappa shape index (κ3) is 7.96.